The van der Waals surface area contributed by atoms with Crippen LogP contribution in [-0.4, -0.2) is 31.4 Å². The lowest BCUT2D eigenvalue weighted by molar-refractivity contribution is -0.119. The maximum atomic E-state index is 12.3. The molecule has 0 saturated heterocycles. The third kappa shape index (κ3) is 3.82. The van der Waals surface area contributed by atoms with E-state index in [1.165, 1.54) is 29.2 Å². The van der Waals surface area contributed by atoms with E-state index in [4.69, 9.17) is 0 Å². The van der Waals surface area contributed by atoms with Crippen molar-refractivity contribution >= 4 is 28.7 Å². The van der Waals surface area contributed by atoms with Crippen molar-refractivity contribution in [1.29, 1.82) is 0 Å². The smallest absolute Gasteiger partial charge is 0.230 e. The number of carbonyl (C=O) groups excluding carboxylic acids is 1. The number of hydrogen-bond donors (Lipinski definition) is 1. The van der Waals surface area contributed by atoms with Gasteiger partial charge in [0, 0.05) is 7.05 Å². The first-order valence-electron chi connectivity index (χ1n) is 8.07. The van der Waals surface area contributed by atoms with Crippen molar-refractivity contribution < 1.29 is 4.79 Å². The summed E-state index contributed by atoms with van der Waals surface area (Å²) in [5.41, 5.74) is 4.36. The van der Waals surface area contributed by atoms with E-state index < -0.39 is 0 Å². The Hall–Kier alpha value is -2.41. The van der Waals surface area contributed by atoms with Gasteiger partial charge in [-0.05, 0) is 37.5 Å². The zero-order chi connectivity index (χ0) is 18.0. The van der Waals surface area contributed by atoms with Gasteiger partial charge >= 0.3 is 0 Å². The quantitative estimate of drug-likeness (QED) is 0.563. The molecule has 3 aromatic rings. The molecule has 7 heteroatoms. The molecule has 0 aliphatic rings. The maximum absolute atomic E-state index is 12.3. The van der Waals surface area contributed by atoms with Crippen molar-refractivity contribution in [3.8, 4) is 0 Å². The average Bonchev–Trinajstić information content (AvgIpc) is 2.97. The Labute approximate surface area is 151 Å². The number of thioether (sulfide) groups is 1. The number of carbonyl (C=O) groups is 1. The fourth-order valence-electron chi connectivity index (χ4n) is 2.59. The number of benzene rings is 1. The Morgan fingerprint density at radius 3 is 2.84 bits per heavy atom. The lowest BCUT2D eigenvalue weighted by Gasteiger charge is -2.15. The minimum absolute atomic E-state index is 0.0219. The molecular weight excluding hydrogens is 334 g/mol. The Morgan fingerprint density at radius 1 is 1.28 bits per heavy atom. The molecule has 3 rings (SSSR count). The Morgan fingerprint density at radius 2 is 2.08 bits per heavy atom. The zero-order valence-electron chi connectivity index (χ0n) is 14.8. The summed E-state index contributed by atoms with van der Waals surface area (Å²) >= 11 is 1.40. The number of nitrogens with one attached hydrogen (secondary N) is 1. The van der Waals surface area contributed by atoms with Gasteiger partial charge in [-0.1, -0.05) is 30.0 Å². The third-order valence-corrected chi connectivity index (χ3v) is 5.25. The van der Waals surface area contributed by atoms with Gasteiger partial charge in [0.25, 0.3) is 0 Å². The largest absolute Gasteiger partial charge is 0.349 e. The molecule has 1 atom stereocenters. The number of aryl methyl sites for hydroxylation is 3. The average molecular weight is 355 g/mol. The van der Waals surface area contributed by atoms with Crippen LogP contribution in [-0.2, 0) is 11.8 Å². The fourth-order valence-corrected chi connectivity index (χ4v) is 3.36. The molecule has 0 bridgehead atoms. The monoisotopic (exact) mass is 355 g/mol. The van der Waals surface area contributed by atoms with Gasteiger partial charge in [-0.2, -0.15) is 5.10 Å². The summed E-state index contributed by atoms with van der Waals surface area (Å²) in [7, 11) is 1.84. The first-order valence-corrected chi connectivity index (χ1v) is 9.06. The molecular formula is C18H21N5OS. The molecule has 0 saturated carbocycles. The van der Waals surface area contributed by atoms with Crippen LogP contribution in [0.4, 0.5) is 0 Å². The lowest BCUT2D eigenvalue weighted by Crippen LogP contribution is -2.28. The van der Waals surface area contributed by atoms with Crippen LogP contribution in [0.3, 0.4) is 0 Å². The Balaban J connectivity index is 1.63. The van der Waals surface area contributed by atoms with E-state index in [9.17, 15) is 4.79 Å². The van der Waals surface area contributed by atoms with Crippen molar-refractivity contribution in [2.45, 2.75) is 31.8 Å². The minimum Gasteiger partial charge on any atom is -0.349 e. The molecule has 1 amide bonds. The van der Waals surface area contributed by atoms with Crippen LogP contribution in [0.2, 0.25) is 0 Å². The first kappa shape index (κ1) is 17.4. The number of aromatic nitrogens is 4. The van der Waals surface area contributed by atoms with Gasteiger partial charge in [0.05, 0.1) is 23.4 Å². The van der Waals surface area contributed by atoms with E-state index in [2.05, 4.69) is 52.4 Å². The van der Waals surface area contributed by atoms with E-state index in [1.54, 1.807) is 10.9 Å². The summed E-state index contributed by atoms with van der Waals surface area (Å²) in [6.45, 7) is 6.16. The van der Waals surface area contributed by atoms with Crippen LogP contribution in [0.5, 0.6) is 0 Å². The molecule has 1 N–H and O–H groups in total. The van der Waals surface area contributed by atoms with Crippen molar-refractivity contribution in [3.05, 3.63) is 47.4 Å². The third-order valence-electron chi connectivity index (χ3n) is 4.24. The van der Waals surface area contributed by atoms with Crippen LogP contribution in [0, 0.1) is 13.8 Å². The standard InChI is InChI=1S/C18H21N5OS/c1-11-5-6-14(7-12(11)2)13(3)22-16(24)9-25-18-15-8-21-23(4)17(15)19-10-20-18/h5-8,10,13H,9H2,1-4H3,(H,22,24). The first-order chi connectivity index (χ1) is 12.0. The predicted octanol–water partition coefficient (Wildman–Crippen LogP) is 2.95. The van der Waals surface area contributed by atoms with Gasteiger partial charge in [-0.3, -0.25) is 9.48 Å². The molecule has 0 radical (unpaired) electrons. The summed E-state index contributed by atoms with van der Waals surface area (Å²) < 4.78 is 1.70. The molecule has 0 aliphatic carbocycles. The molecule has 0 fully saturated rings. The number of rotatable bonds is 5. The topological polar surface area (TPSA) is 72.7 Å². The number of fused-ring (bicyclic) bond motifs is 1. The van der Waals surface area contributed by atoms with Crippen LogP contribution in [0.1, 0.15) is 29.7 Å². The van der Waals surface area contributed by atoms with Gasteiger partial charge < -0.3 is 5.32 Å². The summed E-state index contributed by atoms with van der Waals surface area (Å²) in [4.78, 5) is 20.8. The van der Waals surface area contributed by atoms with Gasteiger partial charge in [-0.25, -0.2) is 9.97 Å². The van der Waals surface area contributed by atoms with Crippen molar-refractivity contribution in [2.75, 3.05) is 5.75 Å². The summed E-state index contributed by atoms with van der Waals surface area (Å²) in [5, 5.41) is 8.87. The molecule has 0 aliphatic heterocycles. The lowest BCUT2D eigenvalue weighted by atomic mass is 10.0. The summed E-state index contributed by atoms with van der Waals surface area (Å²) in [6.07, 6.45) is 3.23. The van der Waals surface area contributed by atoms with Crippen molar-refractivity contribution in [1.82, 2.24) is 25.1 Å². The van der Waals surface area contributed by atoms with Crippen molar-refractivity contribution in [3.63, 3.8) is 0 Å². The minimum atomic E-state index is -0.0313. The predicted molar refractivity (Wildman–Crippen MR) is 99.5 cm³/mol. The zero-order valence-corrected chi connectivity index (χ0v) is 15.6. The highest BCUT2D eigenvalue weighted by molar-refractivity contribution is 8.00. The highest BCUT2D eigenvalue weighted by atomic mass is 32.2. The van der Waals surface area contributed by atoms with Gasteiger partial charge in [0.1, 0.15) is 11.4 Å². The molecule has 6 nitrogen and oxygen atoms in total. The highest BCUT2D eigenvalue weighted by Crippen LogP contribution is 2.24. The molecule has 1 unspecified atom stereocenters. The fraction of sp³-hybridized carbons (Fsp3) is 0.333. The normalized spacial score (nSPS) is 12.3. The Bertz CT molecular complexity index is 921. The molecule has 2 heterocycles. The van der Waals surface area contributed by atoms with E-state index in [0.29, 0.717) is 5.75 Å². The van der Waals surface area contributed by atoms with Crippen LogP contribution in [0.15, 0.2) is 35.7 Å². The van der Waals surface area contributed by atoms with E-state index >= 15 is 0 Å². The maximum Gasteiger partial charge on any atom is 0.230 e. The SMILES string of the molecule is Cc1ccc(C(C)NC(=O)CSc2ncnc3c2cnn3C)cc1C. The van der Waals surface area contributed by atoms with Crippen molar-refractivity contribution in [2.24, 2.45) is 7.05 Å². The number of nitrogens with zero attached hydrogens (tertiary/aromatic N) is 4. The van der Waals surface area contributed by atoms with Gasteiger partial charge in [0.15, 0.2) is 5.65 Å². The molecule has 25 heavy (non-hydrogen) atoms. The molecule has 2 aromatic heterocycles. The summed E-state index contributed by atoms with van der Waals surface area (Å²) in [6, 6.07) is 6.24. The second-order valence-electron chi connectivity index (χ2n) is 6.11. The molecule has 1 aromatic carbocycles. The van der Waals surface area contributed by atoms with Gasteiger partial charge in [-0.15, -0.1) is 0 Å². The molecule has 0 spiro atoms. The van der Waals surface area contributed by atoms with E-state index in [1.807, 2.05) is 14.0 Å². The number of hydrogen-bond acceptors (Lipinski definition) is 5. The van der Waals surface area contributed by atoms with E-state index in [0.717, 1.165) is 21.6 Å². The highest BCUT2D eigenvalue weighted by Gasteiger charge is 2.13. The number of amides is 1. The van der Waals surface area contributed by atoms with Crippen LogP contribution in [0.25, 0.3) is 11.0 Å². The van der Waals surface area contributed by atoms with Crippen LogP contribution < -0.4 is 5.32 Å². The van der Waals surface area contributed by atoms with Gasteiger partial charge in [0.2, 0.25) is 5.91 Å². The Kier molecular flexibility index (Phi) is 5.03. The second kappa shape index (κ2) is 7.23. The second-order valence-corrected chi connectivity index (χ2v) is 7.07. The van der Waals surface area contributed by atoms with E-state index in [-0.39, 0.29) is 11.9 Å². The van der Waals surface area contributed by atoms with Crippen LogP contribution >= 0.6 is 11.8 Å². The summed E-state index contributed by atoms with van der Waals surface area (Å²) in [5.74, 6) is 0.280. The molecule has 130 valence electrons.